The lowest BCUT2D eigenvalue weighted by atomic mass is 10.3. The van der Waals surface area contributed by atoms with Gasteiger partial charge in [-0.15, -0.1) is 0 Å². The lowest BCUT2D eigenvalue weighted by molar-refractivity contribution is 0.0594. The van der Waals surface area contributed by atoms with Crippen LogP contribution in [0.4, 0.5) is 0 Å². The van der Waals surface area contributed by atoms with E-state index in [1.54, 1.807) is 6.07 Å². The molecule has 96 valence electrons. The van der Waals surface area contributed by atoms with Gasteiger partial charge in [-0.05, 0) is 26.0 Å². The molecule has 0 saturated carbocycles. The zero-order valence-electron chi connectivity index (χ0n) is 10.6. The van der Waals surface area contributed by atoms with Gasteiger partial charge in [0, 0.05) is 25.4 Å². The van der Waals surface area contributed by atoms with Crippen LogP contribution in [0, 0.1) is 0 Å². The van der Waals surface area contributed by atoms with Crippen molar-refractivity contribution in [2.45, 2.75) is 26.5 Å². The number of H-pyrrole nitrogens is 1. The largest absolute Gasteiger partial charge is 0.464 e. The van der Waals surface area contributed by atoms with E-state index in [0.29, 0.717) is 12.2 Å². The molecule has 1 rings (SSSR count). The van der Waals surface area contributed by atoms with Crippen molar-refractivity contribution in [3.05, 3.63) is 23.5 Å². The maximum Gasteiger partial charge on any atom is 0.354 e. The van der Waals surface area contributed by atoms with Gasteiger partial charge >= 0.3 is 5.97 Å². The summed E-state index contributed by atoms with van der Waals surface area (Å²) < 4.78 is 10.0. The Morgan fingerprint density at radius 2 is 2.29 bits per heavy atom. The van der Waals surface area contributed by atoms with Gasteiger partial charge in [0.1, 0.15) is 5.69 Å². The Labute approximate surface area is 101 Å². The summed E-state index contributed by atoms with van der Waals surface area (Å²) in [6.07, 6.45) is 0.190. The van der Waals surface area contributed by atoms with Crippen molar-refractivity contribution in [1.29, 1.82) is 0 Å². The van der Waals surface area contributed by atoms with Crippen LogP contribution in [0.15, 0.2) is 12.1 Å². The summed E-state index contributed by atoms with van der Waals surface area (Å²) in [4.78, 5) is 14.2. The molecule has 0 aliphatic rings. The number of hydrogen-bond acceptors (Lipinski definition) is 4. The minimum Gasteiger partial charge on any atom is -0.464 e. The molecule has 0 aliphatic heterocycles. The first kappa shape index (κ1) is 13.7. The van der Waals surface area contributed by atoms with Gasteiger partial charge in [-0.3, -0.25) is 0 Å². The zero-order valence-corrected chi connectivity index (χ0v) is 10.6. The van der Waals surface area contributed by atoms with Crippen LogP contribution in [-0.4, -0.2) is 37.3 Å². The highest BCUT2D eigenvalue weighted by molar-refractivity contribution is 5.87. The van der Waals surface area contributed by atoms with Crippen LogP contribution in [0.5, 0.6) is 0 Å². The molecule has 0 radical (unpaired) electrons. The predicted molar refractivity (Wildman–Crippen MR) is 64.9 cm³/mol. The van der Waals surface area contributed by atoms with E-state index in [-0.39, 0.29) is 12.1 Å². The monoisotopic (exact) mass is 240 g/mol. The molecule has 1 unspecified atom stereocenters. The quantitative estimate of drug-likeness (QED) is 0.705. The van der Waals surface area contributed by atoms with Crippen molar-refractivity contribution >= 4 is 5.97 Å². The number of nitrogens with one attached hydrogen (secondary N) is 2. The van der Waals surface area contributed by atoms with E-state index in [1.807, 2.05) is 19.9 Å². The molecule has 5 heteroatoms. The van der Waals surface area contributed by atoms with Crippen LogP contribution in [0.3, 0.4) is 0 Å². The number of hydrogen-bond donors (Lipinski definition) is 2. The van der Waals surface area contributed by atoms with E-state index in [2.05, 4.69) is 15.0 Å². The molecule has 0 aliphatic carbocycles. The first-order valence-corrected chi connectivity index (χ1v) is 5.75. The van der Waals surface area contributed by atoms with E-state index in [1.165, 1.54) is 7.11 Å². The molecule has 0 amide bonds. The molecule has 0 bridgehead atoms. The Hall–Kier alpha value is -1.33. The lowest BCUT2D eigenvalue weighted by Gasteiger charge is -2.11. The molecule has 2 N–H and O–H groups in total. The Morgan fingerprint density at radius 3 is 2.94 bits per heavy atom. The highest BCUT2D eigenvalue weighted by Gasteiger charge is 2.07. The molecule has 0 saturated heterocycles. The second-order valence-electron chi connectivity index (χ2n) is 3.79. The fraction of sp³-hybridized carbons (Fsp3) is 0.583. The van der Waals surface area contributed by atoms with Crippen molar-refractivity contribution in [1.82, 2.24) is 10.3 Å². The second kappa shape index (κ2) is 7.09. The van der Waals surface area contributed by atoms with E-state index in [4.69, 9.17) is 4.74 Å². The van der Waals surface area contributed by atoms with E-state index >= 15 is 0 Å². The summed E-state index contributed by atoms with van der Waals surface area (Å²) in [6, 6.07) is 3.58. The van der Waals surface area contributed by atoms with Crippen LogP contribution in [0.1, 0.15) is 30.0 Å². The fourth-order valence-electron chi connectivity index (χ4n) is 1.53. The summed E-state index contributed by atoms with van der Waals surface area (Å²) in [6.45, 7) is 6.17. The van der Waals surface area contributed by atoms with Gasteiger partial charge in [0.2, 0.25) is 0 Å². The highest BCUT2D eigenvalue weighted by atomic mass is 16.5. The Morgan fingerprint density at radius 1 is 1.53 bits per heavy atom. The van der Waals surface area contributed by atoms with Crippen LogP contribution >= 0.6 is 0 Å². The zero-order chi connectivity index (χ0) is 12.7. The molecule has 1 aromatic heterocycles. The van der Waals surface area contributed by atoms with Gasteiger partial charge in [0.05, 0.1) is 13.2 Å². The number of aromatic nitrogens is 1. The summed E-state index contributed by atoms with van der Waals surface area (Å²) in [7, 11) is 1.37. The Kier molecular flexibility index (Phi) is 5.72. The highest BCUT2D eigenvalue weighted by Crippen LogP contribution is 2.03. The minimum absolute atomic E-state index is 0.190. The molecule has 1 heterocycles. The molecule has 1 atom stereocenters. The summed E-state index contributed by atoms with van der Waals surface area (Å²) in [5.41, 5.74) is 1.43. The average molecular weight is 240 g/mol. The normalized spacial score (nSPS) is 12.4. The molecule has 0 aromatic carbocycles. The number of rotatable bonds is 7. The minimum atomic E-state index is -0.348. The maximum atomic E-state index is 11.2. The predicted octanol–water partition coefficient (Wildman–Crippen LogP) is 1.32. The fourth-order valence-corrected chi connectivity index (χ4v) is 1.53. The first-order valence-electron chi connectivity index (χ1n) is 5.75. The van der Waals surface area contributed by atoms with Crippen molar-refractivity contribution in [3.8, 4) is 0 Å². The number of ether oxygens (including phenoxy) is 2. The lowest BCUT2D eigenvalue weighted by Crippen LogP contribution is -2.26. The number of carbonyl (C=O) groups is 1. The maximum absolute atomic E-state index is 11.2. The molecule has 5 nitrogen and oxygen atoms in total. The van der Waals surface area contributed by atoms with Crippen molar-refractivity contribution in [3.63, 3.8) is 0 Å². The van der Waals surface area contributed by atoms with Gasteiger partial charge in [0.15, 0.2) is 0 Å². The first-order chi connectivity index (χ1) is 8.17. The van der Waals surface area contributed by atoms with Crippen molar-refractivity contribution in [2.75, 3.05) is 20.3 Å². The van der Waals surface area contributed by atoms with Crippen LogP contribution in [0.25, 0.3) is 0 Å². The smallest absolute Gasteiger partial charge is 0.354 e. The van der Waals surface area contributed by atoms with Crippen molar-refractivity contribution < 1.29 is 14.3 Å². The molecular weight excluding hydrogens is 220 g/mol. The number of carbonyl (C=O) groups excluding carboxylic acids is 1. The van der Waals surface area contributed by atoms with Gasteiger partial charge in [0.25, 0.3) is 0 Å². The molecule has 0 fully saturated rings. The molecular formula is C12H20N2O3. The topological polar surface area (TPSA) is 63.4 Å². The third-order valence-corrected chi connectivity index (χ3v) is 2.35. The Balaban J connectivity index is 2.32. The van der Waals surface area contributed by atoms with Gasteiger partial charge in [-0.1, -0.05) is 0 Å². The van der Waals surface area contributed by atoms with Crippen LogP contribution < -0.4 is 5.32 Å². The van der Waals surface area contributed by atoms with Gasteiger partial charge in [-0.25, -0.2) is 4.79 Å². The molecule has 17 heavy (non-hydrogen) atoms. The van der Waals surface area contributed by atoms with Crippen molar-refractivity contribution in [2.24, 2.45) is 0 Å². The molecule has 0 spiro atoms. The summed E-state index contributed by atoms with van der Waals surface area (Å²) in [5, 5.41) is 3.25. The second-order valence-corrected chi connectivity index (χ2v) is 3.79. The van der Waals surface area contributed by atoms with E-state index < -0.39 is 0 Å². The van der Waals surface area contributed by atoms with E-state index in [0.717, 1.165) is 18.8 Å². The van der Waals surface area contributed by atoms with Crippen LogP contribution in [-0.2, 0) is 16.0 Å². The van der Waals surface area contributed by atoms with Gasteiger partial charge < -0.3 is 19.8 Å². The number of methoxy groups -OCH3 is 1. The standard InChI is InChI=1S/C12H20N2O3/c1-4-17-9(2)7-13-8-10-5-6-11(14-10)12(15)16-3/h5-6,9,13-14H,4,7-8H2,1-3H3. The third kappa shape index (κ3) is 4.58. The van der Waals surface area contributed by atoms with Crippen LogP contribution in [0.2, 0.25) is 0 Å². The summed E-state index contributed by atoms with van der Waals surface area (Å²) >= 11 is 0. The third-order valence-electron chi connectivity index (χ3n) is 2.35. The summed E-state index contributed by atoms with van der Waals surface area (Å²) in [5.74, 6) is -0.348. The number of aromatic amines is 1. The Bertz CT molecular complexity index is 349. The van der Waals surface area contributed by atoms with E-state index in [9.17, 15) is 4.79 Å². The van der Waals surface area contributed by atoms with Gasteiger partial charge in [-0.2, -0.15) is 0 Å². The SMILES string of the molecule is CCOC(C)CNCc1ccc(C(=O)OC)[nH]1. The average Bonchev–Trinajstić information content (AvgIpc) is 2.77. The molecule has 1 aromatic rings. The number of esters is 1.